The molecule has 86 valence electrons. The first-order valence-electron chi connectivity index (χ1n) is 5.66. The summed E-state index contributed by atoms with van der Waals surface area (Å²) in [6, 6.07) is 10.3. The van der Waals surface area contributed by atoms with Gasteiger partial charge in [0.15, 0.2) is 5.17 Å². The number of nitrogens with zero attached hydrogens (tertiary/aromatic N) is 3. The monoisotopic (exact) mass is 235 g/mol. The Labute approximate surface area is 102 Å². The summed E-state index contributed by atoms with van der Waals surface area (Å²) in [7, 11) is 0. The molecule has 16 heavy (non-hydrogen) atoms. The Balaban J connectivity index is 2.10. The molecule has 1 aliphatic heterocycles. The van der Waals surface area contributed by atoms with Crippen LogP contribution in [0, 0.1) is 0 Å². The van der Waals surface area contributed by atoms with E-state index in [1.54, 1.807) is 0 Å². The molecule has 0 atom stereocenters. The van der Waals surface area contributed by atoms with E-state index < -0.39 is 0 Å². The average molecular weight is 235 g/mol. The van der Waals surface area contributed by atoms with Gasteiger partial charge in [-0.1, -0.05) is 31.5 Å². The molecule has 2 rings (SSSR count). The number of hydrogen-bond donors (Lipinski definition) is 1. The Morgan fingerprint density at radius 1 is 1.31 bits per heavy atom. The topological polar surface area (TPSA) is 18.8 Å². The van der Waals surface area contributed by atoms with Crippen molar-refractivity contribution in [3.63, 3.8) is 0 Å². The van der Waals surface area contributed by atoms with Gasteiger partial charge in [0.1, 0.15) is 6.67 Å². The van der Waals surface area contributed by atoms with Crippen LogP contribution >= 0.6 is 12.6 Å². The number of thiol groups is 1. The van der Waals surface area contributed by atoms with E-state index in [0.717, 1.165) is 18.1 Å². The second-order valence-corrected chi connectivity index (χ2v) is 4.21. The summed E-state index contributed by atoms with van der Waals surface area (Å²) in [6.45, 7) is 3.85. The van der Waals surface area contributed by atoms with Gasteiger partial charge in [0, 0.05) is 6.54 Å². The average Bonchev–Trinajstić information content (AvgIpc) is 2.69. The summed E-state index contributed by atoms with van der Waals surface area (Å²) in [5.41, 5.74) is 1.17. The first-order chi connectivity index (χ1) is 7.83. The SMILES string of the molecule is CCCCN1C(S)=NCN1c1ccccc1. The summed E-state index contributed by atoms with van der Waals surface area (Å²) in [6.07, 6.45) is 2.34. The maximum atomic E-state index is 4.40. The quantitative estimate of drug-likeness (QED) is 0.809. The number of unbranched alkanes of at least 4 members (excludes halogenated alkanes) is 1. The Morgan fingerprint density at radius 2 is 2.06 bits per heavy atom. The molecule has 0 aliphatic carbocycles. The molecule has 0 spiro atoms. The van der Waals surface area contributed by atoms with Gasteiger partial charge >= 0.3 is 0 Å². The van der Waals surface area contributed by atoms with Gasteiger partial charge in [-0.3, -0.25) is 10.0 Å². The van der Waals surface area contributed by atoms with E-state index in [-0.39, 0.29) is 0 Å². The van der Waals surface area contributed by atoms with Crippen molar-refractivity contribution in [1.82, 2.24) is 5.01 Å². The highest BCUT2D eigenvalue weighted by Crippen LogP contribution is 2.21. The molecule has 0 unspecified atom stereocenters. The maximum absolute atomic E-state index is 4.40. The third-order valence-corrected chi connectivity index (χ3v) is 3.02. The molecule has 0 fully saturated rings. The minimum absolute atomic E-state index is 0.673. The standard InChI is InChI=1S/C12H17N3S/c1-2-3-9-14-12(16)13-10-15(14)11-7-5-4-6-8-11/h4-8H,2-3,9-10H2,1H3,(H,13,16). The van der Waals surface area contributed by atoms with E-state index >= 15 is 0 Å². The molecule has 4 heteroatoms. The van der Waals surface area contributed by atoms with E-state index in [2.05, 4.69) is 46.7 Å². The van der Waals surface area contributed by atoms with Crippen molar-refractivity contribution in [2.45, 2.75) is 19.8 Å². The normalized spacial score (nSPS) is 15.5. The lowest BCUT2D eigenvalue weighted by atomic mass is 10.3. The molecule has 0 amide bonds. The van der Waals surface area contributed by atoms with Crippen molar-refractivity contribution in [2.24, 2.45) is 4.99 Å². The number of anilines is 1. The molecule has 0 saturated carbocycles. The minimum Gasteiger partial charge on any atom is -0.262 e. The lowest BCUT2D eigenvalue weighted by Gasteiger charge is -2.30. The highest BCUT2D eigenvalue weighted by molar-refractivity contribution is 7.96. The second-order valence-electron chi connectivity index (χ2n) is 3.81. The molecule has 1 heterocycles. The molecule has 0 saturated heterocycles. The maximum Gasteiger partial charge on any atom is 0.177 e. The van der Waals surface area contributed by atoms with Crippen molar-refractivity contribution in [3.05, 3.63) is 30.3 Å². The Morgan fingerprint density at radius 3 is 2.75 bits per heavy atom. The second kappa shape index (κ2) is 5.25. The Hall–Kier alpha value is -1.16. The van der Waals surface area contributed by atoms with Gasteiger partial charge in [-0.05, 0) is 18.6 Å². The van der Waals surface area contributed by atoms with E-state index in [4.69, 9.17) is 0 Å². The van der Waals surface area contributed by atoms with Crippen LogP contribution < -0.4 is 5.01 Å². The molecule has 3 nitrogen and oxygen atoms in total. The summed E-state index contributed by atoms with van der Waals surface area (Å²) in [5, 5.41) is 5.12. The fraction of sp³-hybridized carbons (Fsp3) is 0.417. The number of benzene rings is 1. The van der Waals surface area contributed by atoms with Gasteiger partial charge in [-0.2, -0.15) is 0 Å². The first-order valence-corrected chi connectivity index (χ1v) is 6.11. The first kappa shape index (κ1) is 11.3. The van der Waals surface area contributed by atoms with Crippen LogP contribution in [0.1, 0.15) is 19.8 Å². The summed E-state index contributed by atoms with van der Waals surface area (Å²) in [5.74, 6) is 0. The zero-order valence-electron chi connectivity index (χ0n) is 9.50. The molecule has 0 bridgehead atoms. The third kappa shape index (κ3) is 2.32. The zero-order valence-corrected chi connectivity index (χ0v) is 10.4. The molecule has 0 radical (unpaired) electrons. The van der Waals surface area contributed by atoms with Crippen LogP contribution in [0.5, 0.6) is 0 Å². The summed E-state index contributed by atoms with van der Waals surface area (Å²) >= 11 is 4.40. The van der Waals surface area contributed by atoms with Crippen LogP contribution in [0.4, 0.5) is 5.69 Å². The number of para-hydroxylation sites is 1. The predicted molar refractivity (Wildman–Crippen MR) is 71.8 cm³/mol. The fourth-order valence-corrected chi connectivity index (χ4v) is 2.02. The molecular weight excluding hydrogens is 218 g/mol. The van der Waals surface area contributed by atoms with Crippen LogP contribution in [0.25, 0.3) is 0 Å². The highest BCUT2D eigenvalue weighted by Gasteiger charge is 2.22. The van der Waals surface area contributed by atoms with Gasteiger partial charge in [0.25, 0.3) is 0 Å². The van der Waals surface area contributed by atoms with Crippen molar-refractivity contribution < 1.29 is 0 Å². The number of hydrazine groups is 1. The van der Waals surface area contributed by atoms with Crippen LogP contribution in [0.2, 0.25) is 0 Å². The number of amidine groups is 1. The minimum atomic E-state index is 0.673. The van der Waals surface area contributed by atoms with Crippen LogP contribution in [0.15, 0.2) is 35.3 Å². The molecule has 0 N–H and O–H groups in total. The van der Waals surface area contributed by atoms with Gasteiger partial charge in [0.05, 0.1) is 5.69 Å². The van der Waals surface area contributed by atoms with E-state index in [9.17, 15) is 0 Å². The van der Waals surface area contributed by atoms with Gasteiger partial charge in [-0.25, -0.2) is 4.99 Å². The van der Waals surface area contributed by atoms with Crippen molar-refractivity contribution in [3.8, 4) is 0 Å². The van der Waals surface area contributed by atoms with E-state index in [1.165, 1.54) is 12.1 Å². The van der Waals surface area contributed by atoms with Crippen LogP contribution in [-0.4, -0.2) is 23.4 Å². The summed E-state index contributed by atoms with van der Waals surface area (Å²) < 4.78 is 0. The Kier molecular flexibility index (Phi) is 3.72. The van der Waals surface area contributed by atoms with Crippen LogP contribution in [0.3, 0.4) is 0 Å². The number of aliphatic imine (C=N–C) groups is 1. The fourth-order valence-electron chi connectivity index (χ4n) is 1.75. The lowest BCUT2D eigenvalue weighted by molar-refractivity contribution is 0.409. The lowest BCUT2D eigenvalue weighted by Crippen LogP contribution is -2.40. The van der Waals surface area contributed by atoms with E-state index in [1.807, 2.05) is 18.2 Å². The number of rotatable bonds is 4. The Bertz CT molecular complexity index is 364. The molecular formula is C12H17N3S. The smallest absolute Gasteiger partial charge is 0.177 e. The van der Waals surface area contributed by atoms with Crippen molar-refractivity contribution >= 4 is 23.5 Å². The number of hydrogen-bond acceptors (Lipinski definition) is 3. The molecule has 1 aromatic carbocycles. The van der Waals surface area contributed by atoms with Crippen molar-refractivity contribution in [1.29, 1.82) is 0 Å². The third-order valence-electron chi connectivity index (χ3n) is 2.65. The molecule has 1 aromatic rings. The van der Waals surface area contributed by atoms with Gasteiger partial charge in [-0.15, -0.1) is 12.6 Å². The van der Waals surface area contributed by atoms with Crippen molar-refractivity contribution in [2.75, 3.05) is 18.2 Å². The predicted octanol–water partition coefficient (Wildman–Crippen LogP) is 2.77. The molecule has 0 aromatic heterocycles. The van der Waals surface area contributed by atoms with Gasteiger partial charge in [0.2, 0.25) is 0 Å². The highest BCUT2D eigenvalue weighted by atomic mass is 32.1. The zero-order chi connectivity index (χ0) is 11.4. The van der Waals surface area contributed by atoms with Gasteiger partial charge < -0.3 is 0 Å². The summed E-state index contributed by atoms with van der Waals surface area (Å²) in [4.78, 5) is 4.36. The largest absolute Gasteiger partial charge is 0.262 e. The molecule has 1 aliphatic rings. The van der Waals surface area contributed by atoms with Crippen LogP contribution in [-0.2, 0) is 0 Å². The van der Waals surface area contributed by atoms with E-state index in [0.29, 0.717) is 6.67 Å².